The number of aryl methyl sites for hydroxylation is 1. The summed E-state index contributed by atoms with van der Waals surface area (Å²) in [6.07, 6.45) is 1.54. The van der Waals surface area contributed by atoms with E-state index in [-0.39, 0.29) is 30.1 Å². The fraction of sp³-hybridized carbons (Fsp3) is 0.0690. The van der Waals surface area contributed by atoms with Gasteiger partial charge in [-0.3, -0.25) is 19.3 Å². The molecule has 0 saturated carbocycles. The van der Waals surface area contributed by atoms with Gasteiger partial charge in [-0.25, -0.2) is 4.98 Å². The van der Waals surface area contributed by atoms with E-state index in [9.17, 15) is 19.6 Å². The molecule has 2 heterocycles. The Kier molecular flexibility index (Phi) is 6.18. The van der Waals surface area contributed by atoms with Gasteiger partial charge in [0.15, 0.2) is 0 Å². The molecular formula is C29H20N4O4. The zero-order valence-electron chi connectivity index (χ0n) is 19.8. The second kappa shape index (κ2) is 9.76. The molecule has 180 valence electrons. The molecule has 5 rings (SSSR count). The maximum atomic E-state index is 12.8. The fourth-order valence-electron chi connectivity index (χ4n) is 4.03. The Hall–Kier alpha value is -5.29. The average molecular weight is 489 g/mol. The number of nitrogens with zero attached hydrogens (tertiary/aromatic N) is 3. The SMILES string of the molecule is Cc1cc(Oc2ncccc2C#N)ccc1NC(=O)c1ccc(CN2C(=O)c3ccccc3C2=O)cc1. The number of carbonyl (C=O) groups excluding carboxylic acids is 3. The Morgan fingerprint density at radius 1 is 0.973 bits per heavy atom. The van der Waals surface area contributed by atoms with Crippen LogP contribution in [-0.2, 0) is 6.54 Å². The Morgan fingerprint density at radius 2 is 1.68 bits per heavy atom. The number of hydrogen-bond donors (Lipinski definition) is 1. The molecule has 8 nitrogen and oxygen atoms in total. The lowest BCUT2D eigenvalue weighted by Gasteiger charge is -2.14. The predicted octanol–water partition coefficient (Wildman–Crippen LogP) is 5.10. The first-order valence-electron chi connectivity index (χ1n) is 11.4. The minimum Gasteiger partial charge on any atom is -0.438 e. The van der Waals surface area contributed by atoms with Gasteiger partial charge in [0.25, 0.3) is 17.7 Å². The van der Waals surface area contributed by atoms with Gasteiger partial charge in [-0.05, 0) is 72.6 Å². The molecule has 1 aliphatic heterocycles. The molecule has 0 atom stereocenters. The smallest absolute Gasteiger partial charge is 0.261 e. The van der Waals surface area contributed by atoms with E-state index in [2.05, 4.69) is 10.3 Å². The first-order chi connectivity index (χ1) is 17.9. The number of imide groups is 1. The van der Waals surface area contributed by atoms with Crippen molar-refractivity contribution in [1.29, 1.82) is 5.26 Å². The van der Waals surface area contributed by atoms with Crippen LogP contribution in [0.4, 0.5) is 5.69 Å². The summed E-state index contributed by atoms with van der Waals surface area (Å²) in [5.41, 5.74) is 3.66. The number of amides is 3. The summed E-state index contributed by atoms with van der Waals surface area (Å²) in [7, 11) is 0. The normalized spacial score (nSPS) is 12.2. The summed E-state index contributed by atoms with van der Waals surface area (Å²) >= 11 is 0. The highest BCUT2D eigenvalue weighted by atomic mass is 16.5. The number of rotatable bonds is 6. The Morgan fingerprint density at radius 3 is 2.32 bits per heavy atom. The number of pyridine rings is 1. The van der Waals surface area contributed by atoms with Crippen LogP contribution in [0, 0.1) is 18.3 Å². The number of benzene rings is 3. The van der Waals surface area contributed by atoms with Crippen molar-refractivity contribution in [3.63, 3.8) is 0 Å². The van der Waals surface area contributed by atoms with E-state index >= 15 is 0 Å². The predicted molar refractivity (Wildman–Crippen MR) is 135 cm³/mol. The second-order valence-electron chi connectivity index (χ2n) is 8.44. The first kappa shape index (κ1) is 23.5. The van der Waals surface area contributed by atoms with Crippen LogP contribution in [-0.4, -0.2) is 27.6 Å². The number of fused-ring (bicyclic) bond motifs is 1. The lowest BCUT2D eigenvalue weighted by atomic mass is 10.1. The maximum Gasteiger partial charge on any atom is 0.261 e. The molecule has 0 fully saturated rings. The fourth-order valence-corrected chi connectivity index (χ4v) is 4.03. The summed E-state index contributed by atoms with van der Waals surface area (Å²) in [6.45, 7) is 1.95. The number of aromatic nitrogens is 1. The molecule has 0 bridgehead atoms. The molecule has 1 aliphatic rings. The molecule has 4 aromatic rings. The van der Waals surface area contributed by atoms with Crippen molar-refractivity contribution in [1.82, 2.24) is 9.88 Å². The number of hydrogen-bond acceptors (Lipinski definition) is 6. The summed E-state index contributed by atoms with van der Waals surface area (Å²) in [6, 6.07) is 24.0. The van der Waals surface area contributed by atoms with Gasteiger partial charge in [-0.15, -0.1) is 0 Å². The van der Waals surface area contributed by atoms with Gasteiger partial charge in [0.1, 0.15) is 17.4 Å². The van der Waals surface area contributed by atoms with E-state index in [4.69, 9.17) is 4.74 Å². The average Bonchev–Trinajstić information content (AvgIpc) is 3.16. The van der Waals surface area contributed by atoms with Crippen LogP contribution < -0.4 is 10.1 Å². The quantitative estimate of drug-likeness (QED) is 0.378. The van der Waals surface area contributed by atoms with Gasteiger partial charge in [-0.1, -0.05) is 24.3 Å². The molecule has 8 heteroatoms. The summed E-state index contributed by atoms with van der Waals surface area (Å²) in [5, 5.41) is 12.1. The van der Waals surface area contributed by atoms with Crippen LogP contribution in [0.3, 0.4) is 0 Å². The highest BCUT2D eigenvalue weighted by Gasteiger charge is 2.34. The highest BCUT2D eigenvalue weighted by Crippen LogP contribution is 2.27. The van der Waals surface area contributed by atoms with E-state index < -0.39 is 0 Å². The number of ether oxygens (including phenoxy) is 1. The van der Waals surface area contributed by atoms with E-state index in [0.717, 1.165) is 11.1 Å². The van der Waals surface area contributed by atoms with Gasteiger partial charge in [0.2, 0.25) is 5.88 Å². The molecule has 0 radical (unpaired) electrons. The lowest BCUT2D eigenvalue weighted by Crippen LogP contribution is -2.29. The zero-order chi connectivity index (χ0) is 25.9. The standard InChI is InChI=1S/C29H20N4O4/c1-18-15-22(37-27-21(16-30)5-4-14-31-27)12-13-25(18)32-26(34)20-10-8-19(9-11-20)17-33-28(35)23-6-2-3-7-24(23)29(33)36/h2-15H,17H2,1H3,(H,32,34). The largest absolute Gasteiger partial charge is 0.438 e. The van der Waals surface area contributed by atoms with Crippen molar-refractivity contribution in [2.45, 2.75) is 13.5 Å². The third kappa shape index (κ3) is 4.66. The Labute approximate surface area is 212 Å². The summed E-state index contributed by atoms with van der Waals surface area (Å²) in [4.78, 5) is 43.3. The van der Waals surface area contributed by atoms with E-state index in [1.54, 1.807) is 85.1 Å². The van der Waals surface area contributed by atoms with Crippen molar-refractivity contribution in [2.75, 3.05) is 5.32 Å². The molecule has 1 N–H and O–H groups in total. The van der Waals surface area contributed by atoms with Crippen molar-refractivity contribution < 1.29 is 19.1 Å². The molecule has 1 aromatic heterocycles. The molecule has 0 unspecified atom stereocenters. The minimum atomic E-state index is -0.322. The lowest BCUT2D eigenvalue weighted by molar-refractivity contribution is 0.0642. The zero-order valence-corrected chi connectivity index (χ0v) is 19.8. The molecule has 0 spiro atoms. The minimum absolute atomic E-state index is 0.124. The number of nitriles is 1. The molecular weight excluding hydrogens is 468 g/mol. The molecule has 3 aromatic carbocycles. The first-order valence-corrected chi connectivity index (χ1v) is 11.4. The van der Waals surface area contributed by atoms with E-state index in [1.165, 1.54) is 4.90 Å². The van der Waals surface area contributed by atoms with Crippen LogP contribution in [0.2, 0.25) is 0 Å². The van der Waals surface area contributed by atoms with Crippen LogP contribution in [0.15, 0.2) is 85.1 Å². The van der Waals surface area contributed by atoms with Gasteiger partial charge in [0.05, 0.1) is 17.7 Å². The molecule has 37 heavy (non-hydrogen) atoms. The monoisotopic (exact) mass is 488 g/mol. The van der Waals surface area contributed by atoms with Crippen molar-refractivity contribution >= 4 is 23.4 Å². The highest BCUT2D eigenvalue weighted by molar-refractivity contribution is 6.21. The third-order valence-electron chi connectivity index (χ3n) is 5.99. The van der Waals surface area contributed by atoms with Crippen molar-refractivity contribution in [3.05, 3.63) is 118 Å². The van der Waals surface area contributed by atoms with Crippen LogP contribution in [0.25, 0.3) is 0 Å². The van der Waals surface area contributed by atoms with Crippen LogP contribution >= 0.6 is 0 Å². The van der Waals surface area contributed by atoms with Gasteiger partial charge in [-0.2, -0.15) is 5.26 Å². The molecule has 0 aliphatic carbocycles. The Balaban J connectivity index is 1.24. The number of anilines is 1. The van der Waals surface area contributed by atoms with Crippen LogP contribution in [0.5, 0.6) is 11.6 Å². The van der Waals surface area contributed by atoms with Gasteiger partial charge in [0, 0.05) is 17.4 Å². The van der Waals surface area contributed by atoms with Crippen molar-refractivity contribution in [3.8, 4) is 17.7 Å². The summed E-state index contributed by atoms with van der Waals surface area (Å²) in [5.74, 6) is -0.249. The Bertz CT molecular complexity index is 1550. The topological polar surface area (TPSA) is 112 Å². The summed E-state index contributed by atoms with van der Waals surface area (Å²) < 4.78 is 5.73. The second-order valence-corrected chi connectivity index (χ2v) is 8.44. The van der Waals surface area contributed by atoms with E-state index in [1.807, 2.05) is 13.0 Å². The van der Waals surface area contributed by atoms with Gasteiger partial charge >= 0.3 is 0 Å². The van der Waals surface area contributed by atoms with E-state index in [0.29, 0.717) is 33.7 Å². The van der Waals surface area contributed by atoms with Crippen LogP contribution in [0.1, 0.15) is 47.8 Å². The number of nitrogens with one attached hydrogen (secondary N) is 1. The third-order valence-corrected chi connectivity index (χ3v) is 5.99. The molecule has 0 saturated heterocycles. The van der Waals surface area contributed by atoms with Crippen molar-refractivity contribution in [2.24, 2.45) is 0 Å². The number of carbonyl (C=O) groups is 3. The van der Waals surface area contributed by atoms with Gasteiger partial charge < -0.3 is 10.1 Å². The maximum absolute atomic E-state index is 12.8. The molecule has 3 amide bonds.